The number of aliphatic carboxylic acids is 1. The number of carboxylic acids is 1. The van der Waals surface area contributed by atoms with E-state index in [4.69, 9.17) is 0 Å². The summed E-state index contributed by atoms with van der Waals surface area (Å²) in [6.45, 7) is 0.839. The number of hydrogen-bond acceptors (Lipinski definition) is 4. The van der Waals surface area contributed by atoms with Crippen molar-refractivity contribution in [2.45, 2.75) is 18.4 Å². The van der Waals surface area contributed by atoms with E-state index in [1.807, 2.05) is 11.4 Å². The van der Waals surface area contributed by atoms with Crippen molar-refractivity contribution >= 4 is 23.2 Å². The summed E-state index contributed by atoms with van der Waals surface area (Å²) >= 11 is 1.40. The number of likely N-dealkylation sites (tertiary alicyclic amines) is 1. The van der Waals surface area contributed by atoms with Crippen molar-refractivity contribution < 1.29 is 14.7 Å². The highest BCUT2D eigenvalue weighted by Gasteiger charge is 2.44. The monoisotopic (exact) mass is 305 g/mol. The van der Waals surface area contributed by atoms with Gasteiger partial charge in [0, 0.05) is 38.3 Å². The fourth-order valence-corrected chi connectivity index (χ4v) is 3.39. The Morgan fingerprint density at radius 1 is 1.29 bits per heavy atom. The summed E-state index contributed by atoms with van der Waals surface area (Å²) in [5, 5.41) is 15.6. The van der Waals surface area contributed by atoms with Gasteiger partial charge < -0.3 is 10.0 Å². The molecule has 0 radical (unpaired) electrons. The molecule has 1 N–H and O–H groups in total. The van der Waals surface area contributed by atoms with Gasteiger partial charge in [-0.25, -0.2) is 4.79 Å². The Morgan fingerprint density at radius 3 is 2.57 bits per heavy atom. The molecule has 0 bridgehead atoms. The van der Waals surface area contributed by atoms with Gasteiger partial charge in [-0.05, 0) is 17.5 Å². The number of nitrogens with zero attached hydrogens (tertiary/aromatic N) is 3. The van der Waals surface area contributed by atoms with Gasteiger partial charge in [0.1, 0.15) is 0 Å². The first kappa shape index (κ1) is 13.8. The summed E-state index contributed by atoms with van der Waals surface area (Å²) in [6, 6.07) is 5.35. The van der Waals surface area contributed by atoms with Gasteiger partial charge in [0.05, 0.1) is 4.88 Å². The van der Waals surface area contributed by atoms with Crippen LogP contribution in [0.1, 0.15) is 22.5 Å². The lowest BCUT2D eigenvalue weighted by molar-refractivity contribution is -0.150. The van der Waals surface area contributed by atoms with Crippen LogP contribution in [0.15, 0.2) is 36.0 Å². The summed E-state index contributed by atoms with van der Waals surface area (Å²) in [5.41, 5.74) is -1.05. The van der Waals surface area contributed by atoms with E-state index in [1.54, 1.807) is 29.4 Å². The second-order valence-electron chi connectivity index (χ2n) is 5.06. The third-order valence-electron chi connectivity index (χ3n) is 3.95. The van der Waals surface area contributed by atoms with Gasteiger partial charge in [0.2, 0.25) is 0 Å². The molecule has 1 saturated heterocycles. The number of carboxylic acid groups (broad SMARTS) is 1. The van der Waals surface area contributed by atoms with Crippen molar-refractivity contribution in [1.82, 2.24) is 14.7 Å². The van der Waals surface area contributed by atoms with Crippen molar-refractivity contribution in [3.63, 3.8) is 0 Å². The number of aromatic nitrogens is 2. The van der Waals surface area contributed by atoms with Crippen LogP contribution in [0, 0.1) is 0 Å². The Bertz CT molecular complexity index is 628. The Hall–Kier alpha value is -2.15. The van der Waals surface area contributed by atoms with Gasteiger partial charge in [-0.15, -0.1) is 11.3 Å². The minimum absolute atomic E-state index is 0.0237. The van der Waals surface area contributed by atoms with Crippen molar-refractivity contribution in [3.05, 3.63) is 40.8 Å². The van der Waals surface area contributed by atoms with Crippen LogP contribution in [-0.2, 0) is 10.3 Å². The molecule has 2 aromatic rings. The third-order valence-corrected chi connectivity index (χ3v) is 4.81. The Kier molecular flexibility index (Phi) is 3.50. The second kappa shape index (κ2) is 5.33. The van der Waals surface area contributed by atoms with Gasteiger partial charge in [0.15, 0.2) is 5.54 Å². The minimum Gasteiger partial charge on any atom is -0.479 e. The van der Waals surface area contributed by atoms with Crippen LogP contribution in [0.5, 0.6) is 0 Å². The average molecular weight is 305 g/mol. The lowest BCUT2D eigenvalue weighted by atomic mass is 9.87. The lowest BCUT2D eigenvalue weighted by Gasteiger charge is -2.38. The summed E-state index contributed by atoms with van der Waals surface area (Å²) in [7, 11) is 0. The predicted octanol–water partition coefficient (Wildman–Crippen LogP) is 1.66. The summed E-state index contributed by atoms with van der Waals surface area (Å²) in [5.74, 6) is -0.918. The first-order valence-electron chi connectivity index (χ1n) is 6.70. The molecule has 0 aromatic carbocycles. The average Bonchev–Trinajstić information content (AvgIpc) is 3.19. The highest BCUT2D eigenvalue weighted by Crippen LogP contribution is 2.31. The van der Waals surface area contributed by atoms with Crippen LogP contribution in [0.25, 0.3) is 0 Å². The van der Waals surface area contributed by atoms with Crippen LogP contribution in [0.3, 0.4) is 0 Å². The molecule has 0 unspecified atom stereocenters. The zero-order valence-electron chi connectivity index (χ0n) is 11.3. The molecule has 1 aliphatic rings. The lowest BCUT2D eigenvalue weighted by Crippen LogP contribution is -2.52. The third kappa shape index (κ3) is 2.33. The number of hydrogen-bond donors (Lipinski definition) is 1. The first-order valence-corrected chi connectivity index (χ1v) is 7.58. The van der Waals surface area contributed by atoms with Gasteiger partial charge in [0.25, 0.3) is 5.91 Å². The molecule has 21 heavy (non-hydrogen) atoms. The maximum Gasteiger partial charge on any atom is 0.331 e. The van der Waals surface area contributed by atoms with E-state index in [0.29, 0.717) is 30.8 Å². The van der Waals surface area contributed by atoms with Gasteiger partial charge in [-0.1, -0.05) is 6.07 Å². The van der Waals surface area contributed by atoms with E-state index in [1.165, 1.54) is 16.0 Å². The van der Waals surface area contributed by atoms with E-state index in [9.17, 15) is 14.7 Å². The van der Waals surface area contributed by atoms with E-state index in [-0.39, 0.29) is 5.91 Å². The van der Waals surface area contributed by atoms with Crippen LogP contribution in [0.2, 0.25) is 0 Å². The molecular weight excluding hydrogens is 290 g/mol. The quantitative estimate of drug-likeness (QED) is 0.936. The molecule has 1 amide bonds. The number of carbonyl (C=O) groups is 2. The highest BCUT2D eigenvalue weighted by molar-refractivity contribution is 7.12. The van der Waals surface area contributed by atoms with Crippen molar-refractivity contribution in [2.24, 2.45) is 0 Å². The van der Waals surface area contributed by atoms with Crippen LogP contribution in [0.4, 0.5) is 0 Å². The number of rotatable bonds is 3. The molecule has 3 rings (SSSR count). The smallest absolute Gasteiger partial charge is 0.331 e. The summed E-state index contributed by atoms with van der Waals surface area (Å²) < 4.78 is 1.50. The normalized spacial score (nSPS) is 17.6. The van der Waals surface area contributed by atoms with E-state index in [2.05, 4.69) is 5.10 Å². The van der Waals surface area contributed by atoms with Crippen LogP contribution in [-0.4, -0.2) is 44.8 Å². The number of thiophene rings is 1. The molecule has 0 spiro atoms. The van der Waals surface area contributed by atoms with Crippen LogP contribution >= 0.6 is 11.3 Å². The molecule has 1 fully saturated rings. The molecule has 3 heterocycles. The van der Waals surface area contributed by atoms with E-state index in [0.717, 1.165) is 0 Å². The molecular formula is C14H15N3O3S. The molecule has 0 aliphatic carbocycles. The fourth-order valence-electron chi connectivity index (χ4n) is 2.70. The standard InChI is InChI=1S/C14H15N3O3S/c18-12(11-3-1-10-21-11)16-8-4-14(5-9-16,13(19)20)17-7-2-6-15-17/h1-3,6-7,10H,4-5,8-9H2,(H,19,20). The van der Waals surface area contributed by atoms with Gasteiger partial charge in [-0.3, -0.25) is 9.48 Å². The SMILES string of the molecule is O=C(c1cccs1)N1CCC(C(=O)O)(n2cccn2)CC1. The summed E-state index contributed by atoms with van der Waals surface area (Å²) in [4.78, 5) is 26.4. The number of carbonyl (C=O) groups excluding carboxylic acids is 1. The van der Waals surface area contributed by atoms with E-state index < -0.39 is 11.5 Å². The van der Waals surface area contributed by atoms with Gasteiger partial charge in [-0.2, -0.15) is 5.10 Å². The summed E-state index contributed by atoms with van der Waals surface area (Å²) in [6.07, 6.45) is 3.97. The largest absolute Gasteiger partial charge is 0.479 e. The molecule has 6 nitrogen and oxygen atoms in total. The minimum atomic E-state index is -1.05. The zero-order valence-corrected chi connectivity index (χ0v) is 12.1. The maximum absolute atomic E-state index is 12.3. The highest BCUT2D eigenvalue weighted by atomic mass is 32.1. The molecule has 2 aromatic heterocycles. The fraction of sp³-hybridized carbons (Fsp3) is 0.357. The van der Waals surface area contributed by atoms with Gasteiger partial charge >= 0.3 is 5.97 Å². The predicted molar refractivity (Wildman–Crippen MR) is 77.3 cm³/mol. The molecule has 7 heteroatoms. The van der Waals surface area contributed by atoms with Crippen molar-refractivity contribution in [1.29, 1.82) is 0 Å². The zero-order chi connectivity index (χ0) is 14.9. The van der Waals surface area contributed by atoms with Crippen LogP contribution < -0.4 is 0 Å². The number of amides is 1. The molecule has 0 atom stereocenters. The first-order chi connectivity index (χ1) is 10.1. The topological polar surface area (TPSA) is 75.4 Å². The van der Waals surface area contributed by atoms with Crippen molar-refractivity contribution in [2.75, 3.05) is 13.1 Å². The maximum atomic E-state index is 12.3. The Labute approximate surface area is 125 Å². The van der Waals surface area contributed by atoms with E-state index >= 15 is 0 Å². The Morgan fingerprint density at radius 2 is 2.05 bits per heavy atom. The van der Waals surface area contributed by atoms with Crippen molar-refractivity contribution in [3.8, 4) is 0 Å². The molecule has 1 aliphatic heterocycles. The molecule has 110 valence electrons. The number of piperidine rings is 1. The molecule has 0 saturated carbocycles. The second-order valence-corrected chi connectivity index (χ2v) is 6.00. The Balaban J connectivity index is 1.77.